The van der Waals surface area contributed by atoms with Gasteiger partial charge < -0.3 is 34.2 Å². The first kappa shape index (κ1) is 37.1. The average molecular weight is 668 g/mol. The van der Waals surface area contributed by atoms with Crippen LogP contribution in [0.25, 0.3) is 5.70 Å². The van der Waals surface area contributed by atoms with Crippen LogP contribution in [0.2, 0.25) is 0 Å². The molecule has 1 aliphatic heterocycles. The molecular weight excluding hydrogens is 630 g/mol. The lowest BCUT2D eigenvalue weighted by molar-refractivity contribution is -0.168. The number of benzene rings is 2. The van der Waals surface area contributed by atoms with Crippen molar-refractivity contribution < 1.29 is 58.0 Å². The molecule has 2 unspecified atom stereocenters. The molecule has 4 N–H and O–H groups in total. The molecular formula is C33H37N3O12. The molecule has 0 spiro atoms. The summed E-state index contributed by atoms with van der Waals surface area (Å²) in [5.41, 5.74) is 3.02. The number of carbonyl (C=O) groups is 7. The van der Waals surface area contributed by atoms with Gasteiger partial charge in [-0.2, -0.15) is 0 Å². The van der Waals surface area contributed by atoms with E-state index in [0.29, 0.717) is 5.56 Å². The zero-order chi connectivity index (χ0) is 36.1. The van der Waals surface area contributed by atoms with Gasteiger partial charge in [-0.1, -0.05) is 44.2 Å². The van der Waals surface area contributed by atoms with Crippen LogP contribution in [0, 0.1) is 11.8 Å². The summed E-state index contributed by atoms with van der Waals surface area (Å²) >= 11 is 0. The molecule has 0 bridgehead atoms. The van der Waals surface area contributed by atoms with Crippen LogP contribution < -0.4 is 19.9 Å². The minimum atomic E-state index is -3.05. The second kappa shape index (κ2) is 15.0. The fourth-order valence-electron chi connectivity index (χ4n) is 5.18. The van der Waals surface area contributed by atoms with Crippen molar-refractivity contribution in [2.75, 3.05) is 6.54 Å². The van der Waals surface area contributed by atoms with Crippen molar-refractivity contribution in [1.82, 2.24) is 9.80 Å². The van der Waals surface area contributed by atoms with Gasteiger partial charge in [0.1, 0.15) is 6.04 Å². The van der Waals surface area contributed by atoms with Crippen molar-refractivity contribution in [2.45, 2.75) is 59.7 Å². The summed E-state index contributed by atoms with van der Waals surface area (Å²) in [4.78, 5) is 91.1. The molecule has 0 radical (unpaired) electrons. The number of carboxylic acids is 1. The number of rotatable bonds is 12. The molecule has 0 aromatic heterocycles. The smallest absolute Gasteiger partial charge is 0.351 e. The van der Waals surface area contributed by atoms with Crippen molar-refractivity contribution in [1.29, 1.82) is 0 Å². The highest BCUT2D eigenvalue weighted by Gasteiger charge is 2.47. The minimum Gasteiger partial charge on any atom is -0.478 e. The van der Waals surface area contributed by atoms with E-state index in [-0.39, 0.29) is 17.7 Å². The number of aliphatic carboxylic acids is 1. The Balaban J connectivity index is 2.29. The van der Waals surface area contributed by atoms with E-state index in [1.165, 1.54) is 13.1 Å². The highest BCUT2D eigenvalue weighted by atomic mass is 16.6. The lowest BCUT2D eigenvalue weighted by atomic mass is 9.85. The largest absolute Gasteiger partial charge is 0.478 e. The van der Waals surface area contributed by atoms with Gasteiger partial charge in [0.2, 0.25) is 17.4 Å². The van der Waals surface area contributed by atoms with Crippen molar-refractivity contribution in [3.8, 4) is 17.2 Å². The quantitative estimate of drug-likeness (QED) is 0.167. The summed E-state index contributed by atoms with van der Waals surface area (Å²) < 4.78 is 15.7. The average Bonchev–Trinajstić information content (AvgIpc) is 2.97. The number of hydrogen-bond acceptors (Lipinski definition) is 12. The Hall–Kier alpha value is -5.41. The summed E-state index contributed by atoms with van der Waals surface area (Å²) in [6.45, 7) is 6.89. The molecule has 2 aromatic carbocycles. The van der Waals surface area contributed by atoms with E-state index in [1.54, 1.807) is 44.2 Å². The molecule has 2 amide bonds. The lowest BCUT2D eigenvalue weighted by Gasteiger charge is -2.41. The van der Waals surface area contributed by atoms with Crippen LogP contribution in [0.3, 0.4) is 0 Å². The van der Waals surface area contributed by atoms with E-state index in [2.05, 4.69) is 0 Å². The molecule has 1 aliphatic rings. The Morgan fingerprint density at radius 2 is 1.42 bits per heavy atom. The summed E-state index contributed by atoms with van der Waals surface area (Å²) in [6.07, 6.45) is 0.952. The molecule has 3 rings (SSSR count). The van der Waals surface area contributed by atoms with E-state index in [1.807, 2.05) is 0 Å². The molecule has 0 fully saturated rings. The van der Waals surface area contributed by atoms with Gasteiger partial charge in [-0.15, -0.1) is 0 Å². The number of ether oxygens (including phenoxy) is 3. The van der Waals surface area contributed by atoms with Crippen molar-refractivity contribution >= 4 is 47.2 Å². The number of aliphatic hydroxyl groups is 1. The molecule has 48 heavy (non-hydrogen) atoms. The maximum Gasteiger partial charge on any atom is 0.351 e. The van der Waals surface area contributed by atoms with E-state index < -0.39 is 88.9 Å². The molecule has 15 nitrogen and oxygen atoms in total. The number of carbonyl (C=O) groups excluding carboxylic acids is 6. The number of nitrogens with zero attached hydrogens (tertiary/aromatic N) is 2. The number of Topliss-reactive ketones (excluding diaryl/α,β-unsaturated/α-hetero) is 1. The summed E-state index contributed by atoms with van der Waals surface area (Å²) in [7, 11) is 0. The maximum absolute atomic E-state index is 14.2. The highest BCUT2D eigenvalue weighted by Crippen LogP contribution is 2.43. The van der Waals surface area contributed by atoms with Crippen LogP contribution in [0.1, 0.15) is 52.7 Å². The third-order valence-corrected chi connectivity index (χ3v) is 7.29. The number of nitrogens with two attached hydrogens (primary N) is 1. The Morgan fingerprint density at radius 1 is 0.896 bits per heavy atom. The first-order valence-electron chi connectivity index (χ1n) is 14.7. The monoisotopic (exact) mass is 667 g/mol. The normalized spacial score (nSPS) is 16.4. The van der Waals surface area contributed by atoms with Crippen LogP contribution in [0.4, 0.5) is 0 Å². The van der Waals surface area contributed by atoms with Gasteiger partial charge in [0.05, 0.1) is 18.2 Å². The fourth-order valence-corrected chi connectivity index (χ4v) is 5.18. The first-order chi connectivity index (χ1) is 22.3. The summed E-state index contributed by atoms with van der Waals surface area (Å²) in [5, 5.41) is 20.6. The second-order valence-corrected chi connectivity index (χ2v) is 11.5. The zero-order valence-electron chi connectivity index (χ0n) is 27.2. The third-order valence-electron chi connectivity index (χ3n) is 7.29. The lowest BCUT2D eigenvalue weighted by Crippen LogP contribution is -2.60. The molecule has 0 saturated heterocycles. The van der Waals surface area contributed by atoms with Crippen LogP contribution in [0.5, 0.6) is 17.2 Å². The molecule has 15 heteroatoms. The van der Waals surface area contributed by atoms with E-state index >= 15 is 0 Å². The van der Waals surface area contributed by atoms with Gasteiger partial charge in [0, 0.05) is 39.5 Å². The topological polar surface area (TPSA) is 220 Å². The molecule has 0 saturated carbocycles. The predicted molar refractivity (Wildman–Crippen MR) is 167 cm³/mol. The molecule has 2 aromatic rings. The third kappa shape index (κ3) is 8.49. The number of amides is 2. The second-order valence-electron chi connectivity index (χ2n) is 11.5. The molecule has 3 atom stereocenters. The minimum absolute atomic E-state index is 0.0473. The van der Waals surface area contributed by atoms with E-state index in [9.17, 15) is 43.8 Å². The fraction of sp³-hybridized carbons (Fsp3) is 0.364. The number of esters is 3. The summed E-state index contributed by atoms with van der Waals surface area (Å²) in [5.74, 6) is -10.2. The van der Waals surface area contributed by atoms with Crippen molar-refractivity contribution in [3.05, 3.63) is 59.8 Å². The van der Waals surface area contributed by atoms with Crippen LogP contribution in [-0.4, -0.2) is 79.8 Å². The standard InChI is InChI=1S/C33H37N3O12/c1-17(2)29-31(42)36(16-26(41)24(33(34,45)32(43)44)12-22-10-8-7-9-11-22)25(15-35(29)18(3)37)23-13-27(46-19(4)38)30(48-21(6)40)28(14-23)47-20(5)39/h7-11,13-15,17,24,29,45H,12,16,34H2,1-6H3,(H,43,44)/t24-,29?,33?/m1/s1. The van der Waals surface area contributed by atoms with Crippen molar-refractivity contribution in [3.63, 3.8) is 0 Å². The molecule has 256 valence electrons. The molecule has 1 heterocycles. The predicted octanol–water partition coefficient (Wildman–Crippen LogP) is 1.64. The van der Waals surface area contributed by atoms with Gasteiger partial charge in [0.15, 0.2) is 17.3 Å². The highest BCUT2D eigenvalue weighted by molar-refractivity contribution is 6.01. The van der Waals surface area contributed by atoms with E-state index in [4.69, 9.17) is 19.9 Å². The van der Waals surface area contributed by atoms with Gasteiger partial charge in [-0.25, -0.2) is 4.79 Å². The maximum atomic E-state index is 14.2. The Bertz CT molecular complexity index is 1630. The molecule has 0 aliphatic carbocycles. The van der Waals surface area contributed by atoms with Gasteiger partial charge in [-0.3, -0.25) is 34.5 Å². The first-order valence-corrected chi connectivity index (χ1v) is 14.7. The van der Waals surface area contributed by atoms with Crippen LogP contribution in [-0.2, 0) is 40.0 Å². The Morgan fingerprint density at radius 3 is 1.85 bits per heavy atom. The van der Waals surface area contributed by atoms with Crippen LogP contribution in [0.15, 0.2) is 48.7 Å². The van der Waals surface area contributed by atoms with Gasteiger partial charge in [-0.05, 0) is 30.0 Å². The SMILES string of the molecule is CC(=O)Oc1cc(C2=CN(C(C)=O)C(C(C)C)C(=O)N2CC(=O)[C@@H](Cc2ccccc2)C(N)(O)C(=O)O)cc(OC(C)=O)c1OC(C)=O. The van der Waals surface area contributed by atoms with E-state index in [0.717, 1.165) is 42.7 Å². The zero-order valence-corrected chi connectivity index (χ0v) is 27.2. The number of hydrogen-bond donors (Lipinski definition) is 3. The van der Waals surface area contributed by atoms with Crippen molar-refractivity contribution in [2.24, 2.45) is 17.6 Å². The summed E-state index contributed by atoms with van der Waals surface area (Å²) in [6, 6.07) is 9.40. The Kier molecular flexibility index (Phi) is 11.6. The van der Waals surface area contributed by atoms with Crippen LogP contribution >= 0.6 is 0 Å². The Labute approximate surface area is 275 Å². The number of ketones is 1. The van der Waals surface area contributed by atoms with Gasteiger partial charge in [0.25, 0.3) is 5.91 Å². The number of carboxylic acid groups (broad SMARTS) is 1. The van der Waals surface area contributed by atoms with Gasteiger partial charge >= 0.3 is 23.9 Å².